The Labute approximate surface area is 107 Å². The number of nitrogens with two attached hydrogens (primary N) is 1. The third-order valence-electron chi connectivity index (χ3n) is 1.90. The zero-order chi connectivity index (χ0) is 14.6. The number of nitrogens with zero attached hydrogens (tertiary/aromatic N) is 1. The molecule has 0 aromatic heterocycles. The maximum Gasteiger partial charge on any atom is 0.331 e. The third-order valence-corrected chi connectivity index (χ3v) is 2.70. The number of hydrogen-bond acceptors (Lipinski definition) is 6. The van der Waals surface area contributed by atoms with E-state index in [1.165, 1.54) is 14.2 Å². The van der Waals surface area contributed by atoms with Crippen LogP contribution < -0.4 is 5.14 Å². The van der Waals surface area contributed by atoms with Crippen molar-refractivity contribution in [3.63, 3.8) is 0 Å². The molecule has 0 atom stereocenters. The molecule has 0 saturated carbocycles. The third kappa shape index (κ3) is 5.74. The van der Waals surface area contributed by atoms with Gasteiger partial charge in [-0.05, 0) is 25.2 Å². The largest absolute Gasteiger partial charge is 0.354 e. The van der Waals surface area contributed by atoms with Crippen LogP contribution in [0.4, 0.5) is 0 Å². The smallest absolute Gasteiger partial charge is 0.331 e. The Morgan fingerprint density at radius 2 is 1.72 bits per heavy atom. The molecule has 0 aromatic carbocycles. The van der Waals surface area contributed by atoms with Crippen LogP contribution in [0.15, 0.2) is 0 Å². The number of carbonyl (C=O) groups excluding carboxylic acids is 1. The van der Waals surface area contributed by atoms with Crippen molar-refractivity contribution >= 4 is 16.2 Å². The molecule has 9 heteroatoms. The minimum Gasteiger partial charge on any atom is -0.354 e. The van der Waals surface area contributed by atoms with E-state index in [1.807, 2.05) is 0 Å². The fourth-order valence-electron chi connectivity index (χ4n) is 0.790. The second-order valence-corrected chi connectivity index (χ2v) is 6.00. The number of hydrogen-bond donors (Lipinski definition) is 1. The summed E-state index contributed by atoms with van der Waals surface area (Å²) in [5.41, 5.74) is -0.863. The van der Waals surface area contributed by atoms with Crippen LogP contribution in [0.2, 0.25) is 0 Å². The van der Waals surface area contributed by atoms with Crippen molar-refractivity contribution < 1.29 is 27.5 Å². The maximum absolute atomic E-state index is 11.6. The van der Waals surface area contributed by atoms with Crippen LogP contribution in [0.5, 0.6) is 0 Å². The molecule has 108 valence electrons. The van der Waals surface area contributed by atoms with Crippen molar-refractivity contribution in [3.8, 4) is 0 Å². The van der Waals surface area contributed by atoms with Gasteiger partial charge in [0.15, 0.2) is 6.29 Å². The zero-order valence-electron chi connectivity index (χ0n) is 11.2. The van der Waals surface area contributed by atoms with Gasteiger partial charge in [0.05, 0.1) is 5.41 Å². The molecule has 2 N–H and O–H groups in total. The van der Waals surface area contributed by atoms with Crippen molar-refractivity contribution in [2.45, 2.75) is 27.1 Å². The molecule has 0 unspecified atom stereocenters. The second-order valence-electron chi connectivity index (χ2n) is 4.56. The number of methoxy groups -OCH3 is 2. The molecule has 0 amide bonds. The van der Waals surface area contributed by atoms with E-state index in [9.17, 15) is 13.2 Å². The molecule has 0 rings (SSSR count). The Morgan fingerprint density at radius 1 is 1.28 bits per heavy atom. The Hall–Kier alpha value is -0.740. The van der Waals surface area contributed by atoms with Crippen LogP contribution in [0.1, 0.15) is 20.8 Å². The van der Waals surface area contributed by atoms with E-state index < -0.39 is 27.9 Å². The molecule has 0 bridgehead atoms. The molecule has 0 fully saturated rings. The highest BCUT2D eigenvalue weighted by molar-refractivity contribution is 7.86. The van der Waals surface area contributed by atoms with E-state index in [2.05, 4.69) is 0 Å². The fourth-order valence-corrected chi connectivity index (χ4v) is 1.29. The predicted molar refractivity (Wildman–Crippen MR) is 63.2 cm³/mol. The number of carbonyl (C=O) groups is 1. The topological polar surface area (TPSA) is 108 Å². The van der Waals surface area contributed by atoms with Crippen LogP contribution in [0.25, 0.3) is 0 Å². The Kier molecular flexibility index (Phi) is 6.17. The summed E-state index contributed by atoms with van der Waals surface area (Å²) in [4.78, 5) is 16.3. The molecule has 0 aliphatic carbocycles. The van der Waals surface area contributed by atoms with Crippen molar-refractivity contribution in [3.05, 3.63) is 0 Å². The van der Waals surface area contributed by atoms with E-state index in [0.717, 1.165) is 0 Å². The summed E-state index contributed by atoms with van der Waals surface area (Å²) in [5, 5.41) is 4.94. The quantitative estimate of drug-likeness (QED) is 0.526. The summed E-state index contributed by atoms with van der Waals surface area (Å²) in [6.45, 7) is 4.40. The second kappa shape index (κ2) is 6.43. The average molecular weight is 284 g/mol. The molecular weight excluding hydrogens is 264 g/mol. The molecule has 0 aliphatic heterocycles. The monoisotopic (exact) mass is 284 g/mol. The molecule has 0 heterocycles. The lowest BCUT2D eigenvalue weighted by Gasteiger charge is -2.25. The lowest BCUT2D eigenvalue weighted by molar-refractivity contribution is -0.195. The Morgan fingerprint density at radius 3 is 2.00 bits per heavy atom. The van der Waals surface area contributed by atoms with Gasteiger partial charge in [-0.1, -0.05) is 0 Å². The number of rotatable bonds is 6. The van der Waals surface area contributed by atoms with Crippen molar-refractivity contribution in [2.75, 3.05) is 20.8 Å². The fraction of sp³-hybridized carbons (Fsp3) is 0.889. The summed E-state index contributed by atoms with van der Waals surface area (Å²) in [6.07, 6.45) is -0.893. The van der Waals surface area contributed by atoms with Gasteiger partial charge in [-0.3, -0.25) is 0 Å². The predicted octanol–water partition coefficient (Wildman–Crippen LogP) is -0.385. The maximum atomic E-state index is 11.6. The molecular formula is C9H20N2O6S. The first-order valence-corrected chi connectivity index (χ1v) is 6.61. The molecule has 0 radical (unpaired) electrons. The zero-order valence-corrected chi connectivity index (χ0v) is 12.0. The van der Waals surface area contributed by atoms with Gasteiger partial charge >= 0.3 is 16.2 Å². The lowest BCUT2D eigenvalue weighted by atomic mass is 9.98. The molecule has 0 saturated heterocycles. The highest BCUT2D eigenvalue weighted by Gasteiger charge is 2.31. The van der Waals surface area contributed by atoms with Crippen molar-refractivity contribution in [1.82, 2.24) is 4.47 Å². The molecule has 0 aliphatic rings. The first-order valence-electron chi connectivity index (χ1n) is 5.10. The standard InChI is InChI=1S/C9H20N2O6S/c1-9(2,3)8(12)17-11(18(10,13)14)6-7(15-4)16-5/h7H,6H2,1-5H3,(H2,10,13,14). The first kappa shape index (κ1) is 17.3. The van der Waals surface area contributed by atoms with Gasteiger partial charge in [0.2, 0.25) is 0 Å². The minimum atomic E-state index is -4.21. The lowest BCUT2D eigenvalue weighted by Crippen LogP contribution is -2.45. The van der Waals surface area contributed by atoms with Gasteiger partial charge in [0.1, 0.15) is 6.54 Å². The summed E-state index contributed by atoms with van der Waals surface area (Å²) in [5.74, 6) is -0.734. The van der Waals surface area contributed by atoms with Crippen molar-refractivity contribution in [2.24, 2.45) is 10.6 Å². The molecule has 18 heavy (non-hydrogen) atoms. The number of hydroxylamine groups is 1. The van der Waals surface area contributed by atoms with Gasteiger partial charge in [-0.25, -0.2) is 9.93 Å². The summed E-state index contributed by atoms with van der Waals surface area (Å²) in [6, 6.07) is 0. The Balaban J connectivity index is 4.89. The first-order chi connectivity index (χ1) is 8.02. The molecule has 0 spiro atoms. The van der Waals surface area contributed by atoms with Gasteiger partial charge in [0, 0.05) is 14.2 Å². The van der Waals surface area contributed by atoms with Crippen LogP contribution >= 0.6 is 0 Å². The molecule has 8 nitrogen and oxygen atoms in total. The average Bonchev–Trinajstić information content (AvgIpc) is 2.20. The molecule has 0 aromatic rings. The van der Waals surface area contributed by atoms with Crippen LogP contribution in [0, 0.1) is 5.41 Å². The minimum absolute atomic E-state index is 0.345. The van der Waals surface area contributed by atoms with Crippen LogP contribution in [-0.2, 0) is 29.3 Å². The van der Waals surface area contributed by atoms with Gasteiger partial charge in [0.25, 0.3) is 0 Å². The van der Waals surface area contributed by atoms with E-state index in [4.69, 9.17) is 19.5 Å². The summed E-state index contributed by atoms with van der Waals surface area (Å²) in [7, 11) is -1.56. The normalized spacial score (nSPS) is 13.1. The SMILES string of the molecule is COC(CN(OC(=O)C(C)(C)C)S(N)(=O)=O)OC. The summed E-state index contributed by atoms with van der Waals surface area (Å²) >= 11 is 0. The van der Waals surface area contributed by atoms with Gasteiger partial charge in [-0.2, -0.15) is 8.42 Å². The highest BCUT2D eigenvalue weighted by atomic mass is 32.2. The van der Waals surface area contributed by atoms with E-state index in [-0.39, 0.29) is 6.54 Å². The number of ether oxygens (including phenoxy) is 2. The summed E-state index contributed by atoms with van der Waals surface area (Å²) < 4.78 is 32.5. The Bertz CT molecular complexity index is 371. The van der Waals surface area contributed by atoms with E-state index in [0.29, 0.717) is 4.47 Å². The van der Waals surface area contributed by atoms with E-state index >= 15 is 0 Å². The van der Waals surface area contributed by atoms with E-state index in [1.54, 1.807) is 20.8 Å². The van der Waals surface area contributed by atoms with Gasteiger partial charge < -0.3 is 14.3 Å². The highest BCUT2D eigenvalue weighted by Crippen LogP contribution is 2.17. The van der Waals surface area contributed by atoms with Crippen LogP contribution in [-0.4, -0.2) is 45.9 Å². The van der Waals surface area contributed by atoms with Crippen LogP contribution in [0.3, 0.4) is 0 Å². The van der Waals surface area contributed by atoms with Crippen molar-refractivity contribution in [1.29, 1.82) is 0 Å². The van der Waals surface area contributed by atoms with Gasteiger partial charge in [-0.15, -0.1) is 0 Å².